The number of hydrogen-bond donors (Lipinski definition) is 1. The molecule has 7 heteroatoms. The van der Waals surface area contributed by atoms with E-state index in [1.165, 1.54) is 4.68 Å². The molecule has 1 unspecified atom stereocenters. The van der Waals surface area contributed by atoms with Gasteiger partial charge in [-0.2, -0.15) is 5.10 Å². The molecule has 19 heavy (non-hydrogen) atoms. The summed E-state index contributed by atoms with van der Waals surface area (Å²) in [6.07, 6.45) is 1.65. The lowest BCUT2D eigenvalue weighted by molar-refractivity contribution is -0.384. The molecule has 0 amide bonds. The fraction of sp³-hybridized carbons (Fsp3) is 0.750. The Morgan fingerprint density at radius 3 is 2.84 bits per heavy atom. The van der Waals surface area contributed by atoms with Crippen molar-refractivity contribution in [3.05, 3.63) is 15.8 Å². The summed E-state index contributed by atoms with van der Waals surface area (Å²) in [6.45, 7) is 6.38. The predicted molar refractivity (Wildman–Crippen MR) is 71.3 cm³/mol. The Hall–Kier alpha value is -1.63. The number of ether oxygens (including phenoxy) is 1. The van der Waals surface area contributed by atoms with Gasteiger partial charge < -0.3 is 10.1 Å². The topological polar surface area (TPSA) is 82.2 Å². The number of hydrogen-bond acceptors (Lipinski definition) is 5. The van der Waals surface area contributed by atoms with E-state index in [-0.39, 0.29) is 22.3 Å². The van der Waals surface area contributed by atoms with Crippen LogP contribution >= 0.6 is 0 Å². The molecule has 1 atom stereocenters. The highest BCUT2D eigenvalue weighted by Gasteiger charge is 2.32. The van der Waals surface area contributed by atoms with E-state index in [9.17, 15) is 10.1 Å². The maximum atomic E-state index is 11.1. The van der Waals surface area contributed by atoms with Gasteiger partial charge in [-0.3, -0.25) is 10.1 Å². The molecule has 1 aromatic heterocycles. The van der Waals surface area contributed by atoms with Gasteiger partial charge in [0.15, 0.2) is 0 Å². The summed E-state index contributed by atoms with van der Waals surface area (Å²) < 4.78 is 7.19. The number of aryl methyl sites for hydroxylation is 2. The van der Waals surface area contributed by atoms with Gasteiger partial charge in [-0.1, -0.05) is 0 Å². The van der Waals surface area contributed by atoms with Crippen LogP contribution in [0, 0.1) is 17.0 Å². The fourth-order valence-corrected chi connectivity index (χ4v) is 2.58. The highest BCUT2D eigenvalue weighted by Crippen LogP contribution is 2.31. The number of nitro groups is 1. The second-order valence-electron chi connectivity index (χ2n) is 5.61. The van der Waals surface area contributed by atoms with Crippen molar-refractivity contribution < 1.29 is 9.66 Å². The molecule has 2 heterocycles. The maximum absolute atomic E-state index is 11.1. The van der Waals surface area contributed by atoms with Crippen molar-refractivity contribution in [1.82, 2.24) is 9.78 Å². The third-order valence-electron chi connectivity index (χ3n) is 3.41. The summed E-state index contributed by atoms with van der Waals surface area (Å²) in [5.74, 6) is 0.477. The Kier molecular flexibility index (Phi) is 3.49. The first-order valence-electron chi connectivity index (χ1n) is 6.38. The summed E-state index contributed by atoms with van der Waals surface area (Å²) in [5.41, 5.74) is 0.298. The lowest BCUT2D eigenvalue weighted by Gasteiger charge is -2.36. The lowest BCUT2D eigenvalue weighted by atomic mass is 9.94. The second kappa shape index (κ2) is 4.80. The van der Waals surface area contributed by atoms with E-state index in [0.29, 0.717) is 18.1 Å². The summed E-state index contributed by atoms with van der Waals surface area (Å²) >= 11 is 0. The molecule has 1 aromatic rings. The summed E-state index contributed by atoms with van der Waals surface area (Å²) in [7, 11) is 1.72. The average Bonchev–Trinajstić information content (AvgIpc) is 2.52. The van der Waals surface area contributed by atoms with E-state index in [2.05, 4.69) is 10.4 Å². The molecule has 0 bridgehead atoms. The van der Waals surface area contributed by atoms with Gasteiger partial charge in [0.25, 0.3) is 0 Å². The number of anilines is 1. The molecule has 0 aromatic carbocycles. The SMILES string of the molecule is Cc1nn(C)c(NC2CCOC(C)(C)C2)c1[N+](=O)[O-]. The molecule has 106 valence electrons. The standard InChI is InChI=1S/C12H20N4O3/c1-8-10(16(17)18)11(15(4)14-8)13-9-5-6-19-12(2,3)7-9/h9,13H,5-7H2,1-4H3. The Balaban J connectivity index is 2.21. The molecule has 0 radical (unpaired) electrons. The first-order valence-corrected chi connectivity index (χ1v) is 6.38. The molecule has 1 fully saturated rings. The quantitative estimate of drug-likeness (QED) is 0.669. The lowest BCUT2D eigenvalue weighted by Crippen LogP contribution is -2.40. The molecular weight excluding hydrogens is 248 g/mol. The minimum Gasteiger partial charge on any atom is -0.375 e. The molecular formula is C12H20N4O3. The van der Waals surface area contributed by atoms with E-state index in [1.54, 1.807) is 14.0 Å². The van der Waals surface area contributed by atoms with E-state index in [4.69, 9.17) is 4.74 Å². The van der Waals surface area contributed by atoms with Crippen LogP contribution < -0.4 is 5.32 Å². The van der Waals surface area contributed by atoms with Crippen molar-refractivity contribution in [2.24, 2.45) is 7.05 Å². The molecule has 0 spiro atoms. The molecule has 0 aliphatic carbocycles. The van der Waals surface area contributed by atoms with Gasteiger partial charge in [-0.05, 0) is 33.6 Å². The van der Waals surface area contributed by atoms with Crippen LogP contribution in [0.1, 0.15) is 32.4 Å². The first-order chi connectivity index (χ1) is 8.80. The van der Waals surface area contributed by atoms with Crippen molar-refractivity contribution >= 4 is 11.5 Å². The summed E-state index contributed by atoms with van der Waals surface area (Å²) in [4.78, 5) is 10.7. The van der Waals surface area contributed by atoms with E-state index in [0.717, 1.165) is 12.8 Å². The Morgan fingerprint density at radius 2 is 2.26 bits per heavy atom. The van der Waals surface area contributed by atoms with Gasteiger partial charge in [0.1, 0.15) is 5.69 Å². The van der Waals surface area contributed by atoms with E-state index < -0.39 is 0 Å². The average molecular weight is 268 g/mol. The summed E-state index contributed by atoms with van der Waals surface area (Å²) in [6, 6.07) is 0.164. The van der Waals surface area contributed by atoms with Crippen molar-refractivity contribution in [3.8, 4) is 0 Å². The zero-order valence-corrected chi connectivity index (χ0v) is 11.8. The number of rotatable bonds is 3. The van der Waals surface area contributed by atoms with Crippen LogP contribution in [0.3, 0.4) is 0 Å². The van der Waals surface area contributed by atoms with Crippen molar-refractivity contribution in [3.63, 3.8) is 0 Å². The van der Waals surface area contributed by atoms with Crippen molar-refractivity contribution in [1.29, 1.82) is 0 Å². The van der Waals surface area contributed by atoms with Gasteiger partial charge >= 0.3 is 5.69 Å². The van der Waals surface area contributed by atoms with Gasteiger partial charge in [-0.25, -0.2) is 4.68 Å². The number of aromatic nitrogens is 2. The van der Waals surface area contributed by atoms with Crippen LogP contribution in [-0.4, -0.2) is 33.0 Å². The Bertz CT molecular complexity index is 495. The van der Waals surface area contributed by atoms with E-state index >= 15 is 0 Å². The molecule has 1 N–H and O–H groups in total. The van der Waals surface area contributed by atoms with Crippen molar-refractivity contribution in [2.75, 3.05) is 11.9 Å². The highest BCUT2D eigenvalue weighted by molar-refractivity contribution is 5.59. The fourth-order valence-electron chi connectivity index (χ4n) is 2.58. The third kappa shape index (κ3) is 2.86. The zero-order valence-electron chi connectivity index (χ0n) is 11.8. The minimum atomic E-state index is -0.380. The van der Waals surface area contributed by atoms with Crippen molar-refractivity contribution in [2.45, 2.75) is 45.3 Å². The molecule has 1 saturated heterocycles. The first kappa shape index (κ1) is 13.8. The van der Waals surface area contributed by atoms with Gasteiger partial charge in [-0.15, -0.1) is 0 Å². The molecule has 2 rings (SSSR count). The highest BCUT2D eigenvalue weighted by atomic mass is 16.6. The molecule has 1 aliphatic heterocycles. The maximum Gasteiger partial charge on any atom is 0.333 e. The van der Waals surface area contributed by atoms with Crippen LogP contribution in [0.25, 0.3) is 0 Å². The molecule has 0 saturated carbocycles. The Morgan fingerprint density at radius 1 is 1.58 bits per heavy atom. The second-order valence-corrected chi connectivity index (χ2v) is 5.61. The van der Waals surface area contributed by atoms with Gasteiger partial charge in [0.2, 0.25) is 5.82 Å². The molecule has 7 nitrogen and oxygen atoms in total. The largest absolute Gasteiger partial charge is 0.375 e. The number of nitrogens with one attached hydrogen (secondary N) is 1. The number of nitrogens with zero attached hydrogens (tertiary/aromatic N) is 3. The van der Waals surface area contributed by atoms with Crippen LogP contribution in [0.5, 0.6) is 0 Å². The van der Waals surface area contributed by atoms with Gasteiger partial charge in [0, 0.05) is 19.7 Å². The Labute approximate surface area is 112 Å². The van der Waals surface area contributed by atoms with Gasteiger partial charge in [0.05, 0.1) is 10.5 Å². The molecule has 1 aliphatic rings. The summed E-state index contributed by atoms with van der Waals surface area (Å²) in [5, 5.41) is 18.5. The van der Waals surface area contributed by atoms with Crippen LogP contribution in [0.15, 0.2) is 0 Å². The van der Waals surface area contributed by atoms with Crippen LogP contribution in [0.2, 0.25) is 0 Å². The smallest absolute Gasteiger partial charge is 0.333 e. The zero-order chi connectivity index (χ0) is 14.2. The van der Waals surface area contributed by atoms with E-state index in [1.807, 2.05) is 13.8 Å². The van der Waals surface area contributed by atoms with Crippen LogP contribution in [0.4, 0.5) is 11.5 Å². The predicted octanol–water partition coefficient (Wildman–Crippen LogP) is 2.01. The minimum absolute atomic E-state index is 0.0618. The monoisotopic (exact) mass is 268 g/mol. The normalized spacial score (nSPS) is 22.2. The third-order valence-corrected chi connectivity index (χ3v) is 3.41. The van der Waals surface area contributed by atoms with Crippen LogP contribution in [-0.2, 0) is 11.8 Å².